The van der Waals surface area contributed by atoms with Gasteiger partial charge >= 0.3 is 6.18 Å². The van der Waals surface area contributed by atoms with Crippen LogP contribution in [0.5, 0.6) is 0 Å². The number of alkyl halides is 3. The van der Waals surface area contributed by atoms with Crippen LogP contribution in [0.25, 0.3) is 0 Å². The fraction of sp³-hybridized carbons (Fsp3) is 0.688. The number of amides is 2. The number of carbonyl (C=O) groups excluding carboxylic acids is 2. The van der Waals surface area contributed by atoms with Crippen molar-refractivity contribution in [1.82, 2.24) is 20.2 Å². The number of rotatable bonds is 4. The highest BCUT2D eigenvalue weighted by molar-refractivity contribution is 5.93. The van der Waals surface area contributed by atoms with Gasteiger partial charge in [-0.15, -0.1) is 0 Å². The maximum Gasteiger partial charge on any atom is 0.405 e. The van der Waals surface area contributed by atoms with E-state index in [1.165, 1.54) is 6.33 Å². The normalized spacial score (nSPS) is 21.0. The van der Waals surface area contributed by atoms with Crippen LogP contribution >= 0.6 is 0 Å². The topological polar surface area (TPSA) is 76.0 Å². The van der Waals surface area contributed by atoms with E-state index < -0.39 is 18.6 Å². The number of nitrogens with zero attached hydrogens (tertiary/aromatic N) is 2. The van der Waals surface area contributed by atoms with Crippen LogP contribution in [0.4, 0.5) is 13.2 Å². The molecule has 25 heavy (non-hydrogen) atoms. The molecule has 1 unspecified atom stereocenters. The lowest BCUT2D eigenvalue weighted by molar-refractivity contribution is -0.126. The van der Waals surface area contributed by atoms with Crippen molar-refractivity contribution in [2.24, 2.45) is 5.92 Å². The van der Waals surface area contributed by atoms with Crippen LogP contribution in [0, 0.1) is 5.92 Å². The average molecular weight is 358 g/mol. The van der Waals surface area contributed by atoms with Crippen LogP contribution in [0.15, 0.2) is 6.33 Å². The van der Waals surface area contributed by atoms with Crippen molar-refractivity contribution >= 4 is 11.8 Å². The predicted octanol–water partition coefficient (Wildman–Crippen LogP) is 1.80. The Labute approximate surface area is 143 Å². The minimum absolute atomic E-state index is 0.00863. The summed E-state index contributed by atoms with van der Waals surface area (Å²) in [5, 5.41) is 4.91. The summed E-state index contributed by atoms with van der Waals surface area (Å²) in [6.45, 7) is -0.988. The molecule has 9 heteroatoms. The van der Waals surface area contributed by atoms with Crippen molar-refractivity contribution in [1.29, 1.82) is 0 Å². The lowest BCUT2D eigenvalue weighted by Gasteiger charge is -2.25. The van der Waals surface area contributed by atoms with Gasteiger partial charge in [-0.1, -0.05) is 12.8 Å². The van der Waals surface area contributed by atoms with Crippen LogP contribution in [-0.4, -0.2) is 40.1 Å². The van der Waals surface area contributed by atoms with E-state index in [4.69, 9.17) is 0 Å². The number of hydrogen-bond acceptors (Lipinski definition) is 3. The molecular formula is C16H21F3N4O2. The molecule has 1 fully saturated rings. The first kappa shape index (κ1) is 17.8. The van der Waals surface area contributed by atoms with Crippen LogP contribution in [0.2, 0.25) is 0 Å². The number of fused-ring (bicyclic) bond motifs is 1. The highest BCUT2D eigenvalue weighted by Crippen LogP contribution is 2.24. The van der Waals surface area contributed by atoms with Crippen molar-refractivity contribution in [3.05, 3.63) is 17.7 Å². The van der Waals surface area contributed by atoms with Crippen molar-refractivity contribution in [2.75, 3.05) is 6.54 Å². The van der Waals surface area contributed by atoms with Gasteiger partial charge in [-0.05, 0) is 25.7 Å². The Morgan fingerprint density at radius 2 is 1.96 bits per heavy atom. The van der Waals surface area contributed by atoms with Crippen LogP contribution < -0.4 is 10.6 Å². The van der Waals surface area contributed by atoms with E-state index in [1.807, 2.05) is 5.32 Å². The molecule has 0 spiro atoms. The number of nitrogens with one attached hydrogen (secondary N) is 2. The Hall–Kier alpha value is -2.06. The molecule has 2 aliphatic rings. The zero-order valence-corrected chi connectivity index (χ0v) is 13.7. The second-order valence-electron chi connectivity index (χ2n) is 6.72. The molecule has 1 atom stereocenters. The molecule has 138 valence electrons. The molecule has 0 aromatic carbocycles. The molecule has 2 amide bonds. The summed E-state index contributed by atoms with van der Waals surface area (Å²) in [5.74, 6) is -1.03. The van der Waals surface area contributed by atoms with Crippen molar-refractivity contribution in [3.63, 3.8) is 0 Å². The van der Waals surface area contributed by atoms with Gasteiger partial charge in [0.2, 0.25) is 5.91 Å². The minimum Gasteiger partial charge on any atom is -0.353 e. The molecule has 6 nitrogen and oxygen atoms in total. The Morgan fingerprint density at radius 3 is 2.64 bits per heavy atom. The lowest BCUT2D eigenvalue weighted by Crippen LogP contribution is -2.40. The fourth-order valence-corrected chi connectivity index (χ4v) is 3.52. The first-order valence-electron chi connectivity index (χ1n) is 8.53. The third-order valence-electron chi connectivity index (χ3n) is 4.83. The van der Waals surface area contributed by atoms with E-state index in [2.05, 4.69) is 10.3 Å². The molecule has 1 aliphatic heterocycles. The summed E-state index contributed by atoms with van der Waals surface area (Å²) in [6.07, 6.45) is 2.26. The highest BCUT2D eigenvalue weighted by Gasteiger charge is 2.32. The van der Waals surface area contributed by atoms with Gasteiger partial charge in [0.15, 0.2) is 0 Å². The summed E-state index contributed by atoms with van der Waals surface area (Å²) >= 11 is 0. The van der Waals surface area contributed by atoms with E-state index in [0.717, 1.165) is 25.7 Å². The maximum absolute atomic E-state index is 12.4. The van der Waals surface area contributed by atoms with Crippen LogP contribution in [-0.2, 0) is 17.8 Å². The first-order valence-corrected chi connectivity index (χ1v) is 8.53. The average Bonchev–Trinajstić information content (AvgIpc) is 3.20. The van der Waals surface area contributed by atoms with E-state index in [9.17, 15) is 22.8 Å². The molecule has 0 radical (unpaired) electrons. The summed E-state index contributed by atoms with van der Waals surface area (Å²) < 4.78 is 38.4. The number of imidazole rings is 1. The summed E-state index contributed by atoms with van der Waals surface area (Å²) in [5.41, 5.74) is 0.600. The molecule has 1 saturated carbocycles. The van der Waals surface area contributed by atoms with Crippen molar-refractivity contribution in [2.45, 2.75) is 57.3 Å². The van der Waals surface area contributed by atoms with Gasteiger partial charge in [0.05, 0.1) is 17.9 Å². The Balaban J connectivity index is 1.60. The molecule has 2 N–H and O–H groups in total. The Kier molecular flexibility index (Phi) is 5.01. The zero-order chi connectivity index (χ0) is 18.0. The molecule has 1 aliphatic carbocycles. The zero-order valence-electron chi connectivity index (χ0n) is 13.7. The number of halogens is 3. The van der Waals surface area contributed by atoms with Crippen LogP contribution in [0.3, 0.4) is 0 Å². The molecule has 0 saturated heterocycles. The number of carbonyl (C=O) groups is 2. The third kappa shape index (κ3) is 4.32. The quantitative estimate of drug-likeness (QED) is 0.862. The number of aromatic nitrogens is 2. The monoisotopic (exact) mass is 358 g/mol. The van der Waals surface area contributed by atoms with Crippen molar-refractivity contribution < 1.29 is 22.8 Å². The second-order valence-corrected chi connectivity index (χ2v) is 6.72. The SMILES string of the molecule is O=C(NCC(F)(F)F)c1ncn2c1CCC(C(=O)NC1CCCC1)C2. The van der Waals surface area contributed by atoms with Gasteiger partial charge in [-0.25, -0.2) is 4.98 Å². The number of hydrogen-bond donors (Lipinski definition) is 2. The standard InChI is InChI=1S/C16H21F3N4O2/c17-16(18,19)8-20-15(25)13-12-6-5-10(7-23(12)9-21-13)14(24)22-11-3-1-2-4-11/h9-11H,1-8H2,(H,20,25)(H,22,24). The van der Waals surface area contributed by atoms with Gasteiger partial charge < -0.3 is 15.2 Å². The van der Waals surface area contributed by atoms with E-state index in [-0.39, 0.29) is 23.6 Å². The van der Waals surface area contributed by atoms with Gasteiger partial charge in [0.25, 0.3) is 5.91 Å². The second kappa shape index (κ2) is 7.05. The molecule has 2 heterocycles. The van der Waals surface area contributed by atoms with Gasteiger partial charge in [0, 0.05) is 12.6 Å². The fourth-order valence-electron chi connectivity index (χ4n) is 3.52. The maximum atomic E-state index is 12.4. The molecule has 1 aromatic rings. The Bertz CT molecular complexity index is 650. The van der Waals surface area contributed by atoms with Crippen LogP contribution in [0.1, 0.15) is 48.3 Å². The minimum atomic E-state index is -4.46. The van der Waals surface area contributed by atoms with Gasteiger partial charge in [-0.3, -0.25) is 9.59 Å². The lowest BCUT2D eigenvalue weighted by atomic mass is 9.95. The third-order valence-corrected chi connectivity index (χ3v) is 4.83. The molecule has 1 aromatic heterocycles. The van der Waals surface area contributed by atoms with Gasteiger partial charge in [-0.2, -0.15) is 13.2 Å². The summed E-state index contributed by atoms with van der Waals surface area (Å²) in [7, 11) is 0. The van der Waals surface area contributed by atoms with Gasteiger partial charge in [0.1, 0.15) is 12.2 Å². The van der Waals surface area contributed by atoms with E-state index in [1.54, 1.807) is 4.57 Å². The first-order chi connectivity index (χ1) is 11.8. The molecule has 3 rings (SSSR count). The molecule has 0 bridgehead atoms. The van der Waals surface area contributed by atoms with E-state index in [0.29, 0.717) is 25.1 Å². The van der Waals surface area contributed by atoms with E-state index >= 15 is 0 Å². The summed E-state index contributed by atoms with van der Waals surface area (Å²) in [6, 6.07) is 0.250. The molecular weight excluding hydrogens is 337 g/mol. The largest absolute Gasteiger partial charge is 0.405 e. The predicted molar refractivity (Wildman–Crippen MR) is 82.8 cm³/mol. The Morgan fingerprint density at radius 1 is 1.24 bits per heavy atom. The smallest absolute Gasteiger partial charge is 0.353 e. The summed E-state index contributed by atoms with van der Waals surface area (Å²) in [4.78, 5) is 28.2. The highest BCUT2D eigenvalue weighted by atomic mass is 19.4. The van der Waals surface area contributed by atoms with Crippen molar-refractivity contribution in [3.8, 4) is 0 Å².